The van der Waals surface area contributed by atoms with Gasteiger partial charge in [-0.1, -0.05) is 13.8 Å². The summed E-state index contributed by atoms with van der Waals surface area (Å²) in [4.78, 5) is 0. The Balaban J connectivity index is 0.000000188. The summed E-state index contributed by atoms with van der Waals surface area (Å²) in [5.74, 6) is 1.67. The Kier molecular flexibility index (Phi) is 17.0. The van der Waals surface area contributed by atoms with Gasteiger partial charge in [0.2, 0.25) is 0 Å². The predicted molar refractivity (Wildman–Crippen MR) is 120 cm³/mol. The molecule has 6 nitrogen and oxygen atoms in total. The molecule has 5 fully saturated rings. The minimum absolute atomic E-state index is 0.0463. The van der Waals surface area contributed by atoms with Crippen LogP contribution in [0.25, 0.3) is 0 Å². The van der Waals surface area contributed by atoms with Gasteiger partial charge in [-0.3, -0.25) is 0 Å². The van der Waals surface area contributed by atoms with Gasteiger partial charge in [0, 0.05) is 32.3 Å². The van der Waals surface area contributed by atoms with Gasteiger partial charge in [-0.05, 0) is 65.2 Å². The van der Waals surface area contributed by atoms with Gasteiger partial charge in [0.25, 0.3) is 0 Å². The lowest BCUT2D eigenvalue weighted by molar-refractivity contribution is -0.0254. The van der Waals surface area contributed by atoms with E-state index in [9.17, 15) is 0 Å². The van der Waals surface area contributed by atoms with E-state index in [0.29, 0.717) is 12.2 Å². The van der Waals surface area contributed by atoms with Crippen LogP contribution in [-0.2, 0) is 28.4 Å². The molecular formula is C24H48O6. The second kappa shape index (κ2) is 18.3. The first-order chi connectivity index (χ1) is 14.5. The van der Waals surface area contributed by atoms with E-state index in [-0.39, 0.29) is 6.29 Å². The van der Waals surface area contributed by atoms with E-state index in [1.54, 1.807) is 0 Å². The molecular weight excluding hydrogens is 384 g/mol. The molecule has 0 aromatic heterocycles. The SMILES string of the molecule is CC1CCCCO1.CC1CCCO1.CC1CCOC1.CC1COC1.CC1OCCO1. The number of hydrogen-bond donors (Lipinski definition) is 0. The van der Waals surface area contributed by atoms with E-state index < -0.39 is 0 Å². The molecule has 6 heteroatoms. The molecule has 5 heterocycles. The Hall–Kier alpha value is -0.240. The fraction of sp³-hybridized carbons (Fsp3) is 1.00. The Morgan fingerprint density at radius 2 is 1.03 bits per heavy atom. The molecule has 3 atom stereocenters. The average Bonchev–Trinajstić information content (AvgIpc) is 3.48. The van der Waals surface area contributed by atoms with E-state index in [0.717, 1.165) is 64.7 Å². The van der Waals surface area contributed by atoms with Crippen molar-refractivity contribution in [2.24, 2.45) is 11.8 Å². The number of ether oxygens (including phenoxy) is 6. The quantitative estimate of drug-likeness (QED) is 0.546. The molecule has 5 aliphatic rings. The van der Waals surface area contributed by atoms with E-state index in [2.05, 4.69) is 27.7 Å². The van der Waals surface area contributed by atoms with Crippen molar-refractivity contribution in [2.75, 3.05) is 52.9 Å². The van der Waals surface area contributed by atoms with Crippen LogP contribution in [0.2, 0.25) is 0 Å². The zero-order valence-corrected chi connectivity index (χ0v) is 20.2. The van der Waals surface area contributed by atoms with Gasteiger partial charge in [0.1, 0.15) is 0 Å². The highest BCUT2D eigenvalue weighted by molar-refractivity contribution is 4.57. The van der Waals surface area contributed by atoms with Crippen LogP contribution in [0.5, 0.6) is 0 Å². The van der Waals surface area contributed by atoms with Crippen molar-refractivity contribution < 1.29 is 28.4 Å². The molecule has 0 bridgehead atoms. The van der Waals surface area contributed by atoms with Gasteiger partial charge >= 0.3 is 0 Å². The molecule has 5 aliphatic heterocycles. The Morgan fingerprint density at radius 1 is 0.467 bits per heavy atom. The third-order valence-electron chi connectivity index (χ3n) is 5.32. The van der Waals surface area contributed by atoms with E-state index in [1.807, 2.05) is 6.92 Å². The van der Waals surface area contributed by atoms with Gasteiger partial charge in [-0.25, -0.2) is 0 Å². The lowest BCUT2D eigenvalue weighted by atomic mass is 10.1. The molecule has 3 unspecified atom stereocenters. The maximum atomic E-state index is 5.28. The van der Waals surface area contributed by atoms with Crippen LogP contribution in [0.1, 0.15) is 73.1 Å². The Morgan fingerprint density at radius 3 is 1.20 bits per heavy atom. The van der Waals surface area contributed by atoms with E-state index in [1.165, 1.54) is 38.5 Å². The number of hydrogen-bond acceptors (Lipinski definition) is 6. The summed E-state index contributed by atoms with van der Waals surface area (Å²) in [7, 11) is 0. The molecule has 0 aliphatic carbocycles. The number of rotatable bonds is 0. The van der Waals surface area contributed by atoms with Gasteiger partial charge < -0.3 is 28.4 Å². The largest absolute Gasteiger partial charge is 0.381 e. The summed E-state index contributed by atoms with van der Waals surface area (Å²) in [6, 6.07) is 0. The van der Waals surface area contributed by atoms with Crippen molar-refractivity contribution in [1.82, 2.24) is 0 Å². The monoisotopic (exact) mass is 432 g/mol. The standard InChI is InChI=1S/C6H12O.2C5H10O.C4H8O2.C4H8O/c1-6-4-2-3-5-7-6;1-5-2-3-6-4-5;1-5-3-2-4-6-5;1-4-5-2-3-6-4;1-4-2-5-3-4/h6H,2-5H2,1H3;2*5H,2-4H2,1H3;4H,2-3H2,1H3;4H,2-3H2,1H3. The maximum Gasteiger partial charge on any atom is 0.155 e. The van der Waals surface area contributed by atoms with Crippen LogP contribution >= 0.6 is 0 Å². The summed E-state index contributed by atoms with van der Waals surface area (Å²) in [5, 5.41) is 0. The zero-order chi connectivity index (χ0) is 22.0. The average molecular weight is 433 g/mol. The van der Waals surface area contributed by atoms with E-state index in [4.69, 9.17) is 28.4 Å². The molecule has 0 radical (unpaired) electrons. The lowest BCUT2D eigenvalue weighted by Crippen LogP contribution is -2.23. The summed E-state index contributed by atoms with van der Waals surface area (Å²) in [6.45, 7) is 18.0. The molecule has 0 aromatic rings. The normalized spacial score (nSPS) is 30.9. The predicted octanol–water partition coefficient (Wildman–Crippen LogP) is 4.84. The highest BCUT2D eigenvalue weighted by Crippen LogP contribution is 2.11. The second-order valence-corrected chi connectivity index (χ2v) is 8.92. The Labute approximate surface area is 185 Å². The first-order valence-corrected chi connectivity index (χ1v) is 12.1. The molecule has 0 spiro atoms. The fourth-order valence-electron chi connectivity index (χ4n) is 3.12. The van der Waals surface area contributed by atoms with Crippen LogP contribution in [0, 0.1) is 11.8 Å². The first-order valence-electron chi connectivity index (χ1n) is 12.1. The minimum Gasteiger partial charge on any atom is -0.381 e. The highest BCUT2D eigenvalue weighted by atomic mass is 16.7. The summed E-state index contributed by atoms with van der Waals surface area (Å²) >= 11 is 0. The second-order valence-electron chi connectivity index (χ2n) is 8.92. The molecule has 0 saturated carbocycles. The molecule has 30 heavy (non-hydrogen) atoms. The van der Waals surface area contributed by atoms with Crippen LogP contribution < -0.4 is 0 Å². The van der Waals surface area contributed by atoms with E-state index >= 15 is 0 Å². The van der Waals surface area contributed by atoms with Crippen molar-refractivity contribution in [3.63, 3.8) is 0 Å². The molecule has 0 N–H and O–H groups in total. The van der Waals surface area contributed by atoms with Crippen molar-refractivity contribution in [3.8, 4) is 0 Å². The summed E-state index contributed by atoms with van der Waals surface area (Å²) < 4.78 is 30.2. The van der Waals surface area contributed by atoms with Gasteiger partial charge in [-0.2, -0.15) is 0 Å². The highest BCUT2D eigenvalue weighted by Gasteiger charge is 2.10. The first kappa shape index (κ1) is 27.8. The van der Waals surface area contributed by atoms with Crippen LogP contribution in [-0.4, -0.2) is 71.4 Å². The van der Waals surface area contributed by atoms with Crippen LogP contribution in [0.15, 0.2) is 0 Å². The molecule has 5 saturated heterocycles. The summed E-state index contributed by atoms with van der Waals surface area (Å²) in [5.41, 5.74) is 0. The van der Waals surface area contributed by atoms with Crippen molar-refractivity contribution in [1.29, 1.82) is 0 Å². The van der Waals surface area contributed by atoms with Crippen LogP contribution in [0.3, 0.4) is 0 Å². The molecule has 0 aromatic carbocycles. The fourth-order valence-corrected chi connectivity index (χ4v) is 3.12. The van der Waals surface area contributed by atoms with Crippen molar-refractivity contribution in [3.05, 3.63) is 0 Å². The molecule has 5 rings (SSSR count). The third kappa shape index (κ3) is 16.5. The third-order valence-corrected chi connectivity index (χ3v) is 5.32. The van der Waals surface area contributed by atoms with Crippen LogP contribution in [0.4, 0.5) is 0 Å². The van der Waals surface area contributed by atoms with Crippen molar-refractivity contribution >= 4 is 0 Å². The molecule has 180 valence electrons. The van der Waals surface area contributed by atoms with Gasteiger partial charge in [-0.15, -0.1) is 0 Å². The minimum atomic E-state index is 0.0463. The van der Waals surface area contributed by atoms with Crippen molar-refractivity contribution in [2.45, 2.75) is 91.6 Å². The topological polar surface area (TPSA) is 55.4 Å². The lowest BCUT2D eigenvalue weighted by Gasteiger charge is -2.20. The molecule has 0 amide bonds. The summed E-state index contributed by atoms with van der Waals surface area (Å²) in [6.07, 6.45) is 8.82. The smallest absolute Gasteiger partial charge is 0.155 e. The van der Waals surface area contributed by atoms with Gasteiger partial charge in [0.15, 0.2) is 6.29 Å². The Bertz CT molecular complexity index is 319. The maximum absolute atomic E-state index is 5.28. The van der Waals surface area contributed by atoms with Gasteiger partial charge in [0.05, 0.1) is 38.6 Å². The zero-order valence-electron chi connectivity index (χ0n) is 20.2.